The number of rotatable bonds is 4. The molecule has 0 spiro atoms. The molecule has 0 amide bonds. The summed E-state index contributed by atoms with van der Waals surface area (Å²) >= 11 is 0. The molecule has 4 heterocycles. The van der Waals surface area contributed by atoms with Crippen molar-refractivity contribution in [2.45, 2.75) is 0 Å². The van der Waals surface area contributed by atoms with Crippen molar-refractivity contribution in [1.82, 2.24) is 18.3 Å². The molecule has 58 heavy (non-hydrogen) atoms. The molecule has 13 aromatic rings. The second-order valence-electron chi connectivity index (χ2n) is 15.3. The first kappa shape index (κ1) is 31.4. The lowest BCUT2D eigenvalue weighted by atomic mass is 10.1. The van der Waals surface area contributed by atoms with Crippen LogP contribution in [-0.4, -0.2) is 18.3 Å². The number of benzene rings is 9. The van der Waals surface area contributed by atoms with E-state index in [0.29, 0.717) is 0 Å². The summed E-state index contributed by atoms with van der Waals surface area (Å²) in [5.41, 5.74) is 14.0. The van der Waals surface area contributed by atoms with Gasteiger partial charge in [0, 0.05) is 48.8 Å². The Labute approximate surface area is 333 Å². The Morgan fingerprint density at radius 3 is 0.810 bits per heavy atom. The largest absolute Gasteiger partial charge is 0.309 e. The smallest absolute Gasteiger partial charge is 0.0548 e. The van der Waals surface area contributed by atoms with Crippen molar-refractivity contribution in [3.05, 3.63) is 206 Å². The zero-order valence-electron chi connectivity index (χ0n) is 31.4. The molecule has 4 heteroatoms. The molecule has 0 unspecified atom stereocenters. The zero-order chi connectivity index (χ0) is 37.9. The normalized spacial score (nSPS) is 12.1. The SMILES string of the molecule is c1ccc(-n2c3ccccc3c3c4c5ccccc5n(-c5cc(-n6c7ccccc7c7ccccc76)cc(-n6c7ccccc7c7ccccc76)c5)c4ccc32)cc1. The van der Waals surface area contributed by atoms with Gasteiger partial charge in [0.1, 0.15) is 0 Å². The van der Waals surface area contributed by atoms with Crippen molar-refractivity contribution >= 4 is 87.2 Å². The van der Waals surface area contributed by atoms with Crippen LogP contribution in [0, 0.1) is 0 Å². The molecule has 0 fully saturated rings. The molecule has 0 aliphatic carbocycles. The third kappa shape index (κ3) is 4.23. The second kappa shape index (κ2) is 11.8. The molecule has 0 atom stereocenters. The Kier molecular flexibility index (Phi) is 6.41. The summed E-state index contributed by atoms with van der Waals surface area (Å²) in [6, 6.07) is 75.5. The van der Waals surface area contributed by atoms with Crippen LogP contribution in [0.5, 0.6) is 0 Å². The monoisotopic (exact) mass is 738 g/mol. The van der Waals surface area contributed by atoms with Gasteiger partial charge in [0.15, 0.2) is 0 Å². The lowest BCUT2D eigenvalue weighted by Gasteiger charge is -2.17. The summed E-state index contributed by atoms with van der Waals surface area (Å²) in [6.45, 7) is 0. The fourth-order valence-electron chi connectivity index (χ4n) is 10.0. The molecule has 0 bridgehead atoms. The molecule has 0 N–H and O–H groups in total. The van der Waals surface area contributed by atoms with Gasteiger partial charge < -0.3 is 18.3 Å². The predicted octanol–water partition coefficient (Wildman–Crippen LogP) is 14.1. The van der Waals surface area contributed by atoms with Gasteiger partial charge >= 0.3 is 0 Å². The molecule has 4 nitrogen and oxygen atoms in total. The fourth-order valence-corrected chi connectivity index (χ4v) is 10.0. The molecule has 0 aliphatic rings. The van der Waals surface area contributed by atoms with Crippen LogP contribution < -0.4 is 0 Å². The van der Waals surface area contributed by atoms with E-state index in [2.05, 4.69) is 225 Å². The van der Waals surface area contributed by atoms with Crippen molar-refractivity contribution in [1.29, 1.82) is 0 Å². The van der Waals surface area contributed by atoms with E-state index in [1.807, 2.05) is 0 Å². The van der Waals surface area contributed by atoms with Crippen LogP contribution >= 0.6 is 0 Å². The van der Waals surface area contributed by atoms with Crippen LogP contribution in [-0.2, 0) is 0 Å². The summed E-state index contributed by atoms with van der Waals surface area (Å²) in [5, 5.41) is 10.0. The maximum absolute atomic E-state index is 2.49. The molecule has 0 saturated carbocycles. The highest BCUT2D eigenvalue weighted by Crippen LogP contribution is 2.44. The second-order valence-corrected chi connectivity index (χ2v) is 15.3. The van der Waals surface area contributed by atoms with E-state index in [9.17, 15) is 0 Å². The number of fused-ring (bicyclic) bond motifs is 13. The Hall–Kier alpha value is -7.82. The maximum Gasteiger partial charge on any atom is 0.0548 e. The topological polar surface area (TPSA) is 19.7 Å². The first-order valence-corrected chi connectivity index (χ1v) is 20.0. The third-order valence-electron chi connectivity index (χ3n) is 12.3. The van der Waals surface area contributed by atoms with Gasteiger partial charge in [-0.1, -0.05) is 127 Å². The molecule has 13 rings (SSSR count). The van der Waals surface area contributed by atoms with Gasteiger partial charge in [0.25, 0.3) is 0 Å². The fraction of sp³-hybridized carbons (Fsp3) is 0. The van der Waals surface area contributed by atoms with Crippen LogP contribution in [0.3, 0.4) is 0 Å². The first-order chi connectivity index (χ1) is 28.8. The predicted molar refractivity (Wildman–Crippen MR) is 244 cm³/mol. The van der Waals surface area contributed by atoms with Gasteiger partial charge in [0.05, 0.1) is 61.2 Å². The average molecular weight is 739 g/mol. The lowest BCUT2D eigenvalue weighted by Crippen LogP contribution is -2.03. The summed E-state index contributed by atoms with van der Waals surface area (Å²) < 4.78 is 9.81. The van der Waals surface area contributed by atoms with E-state index in [-0.39, 0.29) is 0 Å². The quantitative estimate of drug-likeness (QED) is 0.171. The van der Waals surface area contributed by atoms with Crippen molar-refractivity contribution < 1.29 is 0 Å². The molecule has 4 aromatic heterocycles. The lowest BCUT2D eigenvalue weighted by molar-refractivity contribution is 1.10. The van der Waals surface area contributed by atoms with Gasteiger partial charge in [-0.3, -0.25) is 0 Å². The average Bonchev–Trinajstić information content (AvgIpc) is 4.01. The van der Waals surface area contributed by atoms with Crippen LogP contribution in [0.4, 0.5) is 0 Å². The van der Waals surface area contributed by atoms with Gasteiger partial charge in [-0.25, -0.2) is 0 Å². The Balaban J connectivity index is 1.19. The van der Waals surface area contributed by atoms with Crippen molar-refractivity contribution in [3.63, 3.8) is 0 Å². The molecular weight excluding hydrogens is 705 g/mol. The molecular formula is C54H34N4. The minimum atomic E-state index is 1.11. The van der Waals surface area contributed by atoms with E-state index in [1.54, 1.807) is 0 Å². The molecule has 0 radical (unpaired) electrons. The minimum Gasteiger partial charge on any atom is -0.309 e. The van der Waals surface area contributed by atoms with Crippen molar-refractivity contribution in [3.8, 4) is 22.7 Å². The van der Waals surface area contributed by atoms with Crippen LogP contribution in [0.15, 0.2) is 206 Å². The Morgan fingerprint density at radius 1 is 0.190 bits per heavy atom. The Morgan fingerprint density at radius 2 is 0.448 bits per heavy atom. The van der Waals surface area contributed by atoms with E-state index >= 15 is 0 Å². The van der Waals surface area contributed by atoms with E-state index in [0.717, 1.165) is 22.7 Å². The van der Waals surface area contributed by atoms with Crippen molar-refractivity contribution in [2.75, 3.05) is 0 Å². The number of hydrogen-bond acceptors (Lipinski definition) is 0. The highest BCUT2D eigenvalue weighted by molar-refractivity contribution is 6.29. The summed E-state index contributed by atoms with van der Waals surface area (Å²) in [7, 11) is 0. The zero-order valence-corrected chi connectivity index (χ0v) is 31.4. The van der Waals surface area contributed by atoms with Crippen molar-refractivity contribution in [2.24, 2.45) is 0 Å². The molecule has 270 valence electrons. The minimum absolute atomic E-state index is 1.11. The van der Waals surface area contributed by atoms with E-state index in [1.165, 1.54) is 87.2 Å². The van der Waals surface area contributed by atoms with Gasteiger partial charge in [-0.15, -0.1) is 0 Å². The highest BCUT2D eigenvalue weighted by Gasteiger charge is 2.22. The number of para-hydroxylation sites is 7. The third-order valence-corrected chi connectivity index (χ3v) is 12.3. The highest BCUT2D eigenvalue weighted by atomic mass is 15.0. The molecule has 0 aliphatic heterocycles. The molecule has 0 saturated heterocycles. The standard InChI is InChI=1S/C54H34N4/c1-2-16-35(17-3-1)55-49-28-14-8-22-43(49)53-51(55)30-31-52-54(53)44-23-9-15-29-50(44)58(52)38-33-36(56-45-24-10-4-18-39(45)40-19-5-11-25-46(40)56)32-37(34-38)57-47-26-12-6-20-41(47)42-21-7-13-27-48(42)57/h1-34H. The van der Waals surface area contributed by atoms with E-state index < -0.39 is 0 Å². The summed E-state index contributed by atoms with van der Waals surface area (Å²) in [4.78, 5) is 0. The van der Waals surface area contributed by atoms with Crippen LogP contribution in [0.1, 0.15) is 0 Å². The van der Waals surface area contributed by atoms with Crippen LogP contribution in [0.25, 0.3) is 110 Å². The first-order valence-electron chi connectivity index (χ1n) is 20.0. The number of hydrogen-bond donors (Lipinski definition) is 0. The van der Waals surface area contributed by atoms with Gasteiger partial charge in [-0.2, -0.15) is 0 Å². The maximum atomic E-state index is 2.49. The number of nitrogens with zero attached hydrogens (tertiary/aromatic N) is 4. The Bertz CT molecular complexity index is 3560. The van der Waals surface area contributed by atoms with Crippen LogP contribution in [0.2, 0.25) is 0 Å². The van der Waals surface area contributed by atoms with Gasteiger partial charge in [-0.05, 0) is 78.9 Å². The number of aromatic nitrogens is 4. The molecule has 9 aromatic carbocycles. The summed E-state index contributed by atoms with van der Waals surface area (Å²) in [5.74, 6) is 0. The summed E-state index contributed by atoms with van der Waals surface area (Å²) in [6.07, 6.45) is 0. The van der Waals surface area contributed by atoms with Gasteiger partial charge in [0.2, 0.25) is 0 Å². The van der Waals surface area contributed by atoms with E-state index in [4.69, 9.17) is 0 Å².